The van der Waals surface area contributed by atoms with Gasteiger partial charge in [0, 0.05) is 31.8 Å². The van der Waals surface area contributed by atoms with E-state index in [1.807, 2.05) is 7.11 Å². The van der Waals surface area contributed by atoms with E-state index in [1.54, 1.807) is 0 Å². The van der Waals surface area contributed by atoms with Crippen molar-refractivity contribution in [2.75, 3.05) is 26.8 Å². The molecule has 18 heavy (non-hydrogen) atoms. The molecule has 0 saturated heterocycles. The Balaban J connectivity index is 2.48. The van der Waals surface area contributed by atoms with Crippen LogP contribution >= 0.6 is 0 Å². The Morgan fingerprint density at radius 1 is 1.33 bits per heavy atom. The van der Waals surface area contributed by atoms with Crippen LogP contribution in [0.4, 0.5) is 0 Å². The number of hydrogen-bond acceptors (Lipinski definition) is 3. The molecule has 0 aromatic carbocycles. The molecule has 2 atom stereocenters. The number of rotatable bonds is 11. The molecule has 0 heterocycles. The molecular formula is C15H32N2O. The highest BCUT2D eigenvalue weighted by molar-refractivity contribution is 4.85. The van der Waals surface area contributed by atoms with Crippen molar-refractivity contribution in [3.8, 4) is 0 Å². The Labute approximate surface area is 113 Å². The Kier molecular flexibility index (Phi) is 7.87. The van der Waals surface area contributed by atoms with Crippen LogP contribution in [0.1, 0.15) is 52.9 Å². The third kappa shape index (κ3) is 5.68. The molecule has 2 unspecified atom stereocenters. The molecule has 1 N–H and O–H groups in total. The van der Waals surface area contributed by atoms with Gasteiger partial charge >= 0.3 is 0 Å². The van der Waals surface area contributed by atoms with Crippen molar-refractivity contribution in [1.82, 2.24) is 10.2 Å². The molecule has 0 aromatic heterocycles. The highest BCUT2D eigenvalue weighted by Gasteiger charge is 2.26. The Hall–Kier alpha value is -0.120. The molecule has 0 bridgehead atoms. The standard InChI is InChI=1S/C15H32N2O/c1-5-7-10-17(13(3)6-2)15(12-18-4)11-16-14-8-9-14/h13-16H,5-12H2,1-4H3. The van der Waals surface area contributed by atoms with Crippen molar-refractivity contribution >= 4 is 0 Å². The van der Waals surface area contributed by atoms with E-state index in [1.165, 1.54) is 38.6 Å². The zero-order valence-corrected chi connectivity index (χ0v) is 12.7. The molecule has 0 aromatic rings. The van der Waals surface area contributed by atoms with Gasteiger partial charge in [0.1, 0.15) is 0 Å². The summed E-state index contributed by atoms with van der Waals surface area (Å²) in [5, 5.41) is 3.66. The summed E-state index contributed by atoms with van der Waals surface area (Å²) in [6, 6.07) is 1.96. The van der Waals surface area contributed by atoms with Crippen LogP contribution in [0.5, 0.6) is 0 Å². The van der Waals surface area contributed by atoms with Gasteiger partial charge < -0.3 is 10.1 Å². The van der Waals surface area contributed by atoms with Gasteiger partial charge in [-0.15, -0.1) is 0 Å². The summed E-state index contributed by atoms with van der Waals surface area (Å²) < 4.78 is 5.43. The molecule has 0 amide bonds. The van der Waals surface area contributed by atoms with Gasteiger partial charge in [-0.2, -0.15) is 0 Å². The van der Waals surface area contributed by atoms with Crippen LogP contribution in [0.15, 0.2) is 0 Å². The normalized spacial score (nSPS) is 19.2. The molecule has 1 saturated carbocycles. The molecule has 1 fully saturated rings. The maximum atomic E-state index is 5.43. The summed E-state index contributed by atoms with van der Waals surface area (Å²) >= 11 is 0. The van der Waals surface area contributed by atoms with Gasteiger partial charge in [0.15, 0.2) is 0 Å². The van der Waals surface area contributed by atoms with Gasteiger partial charge in [-0.3, -0.25) is 4.90 Å². The molecule has 3 nitrogen and oxygen atoms in total. The zero-order valence-electron chi connectivity index (χ0n) is 12.7. The number of hydrogen-bond donors (Lipinski definition) is 1. The largest absolute Gasteiger partial charge is 0.383 e. The minimum absolute atomic E-state index is 0.525. The molecule has 0 aliphatic heterocycles. The van der Waals surface area contributed by atoms with Gasteiger partial charge in [0.05, 0.1) is 6.61 Å². The summed E-state index contributed by atoms with van der Waals surface area (Å²) in [6.45, 7) is 10.0. The first-order valence-electron chi connectivity index (χ1n) is 7.70. The number of nitrogens with zero attached hydrogens (tertiary/aromatic N) is 1. The maximum Gasteiger partial charge on any atom is 0.0630 e. The molecule has 1 rings (SSSR count). The van der Waals surface area contributed by atoms with E-state index in [2.05, 4.69) is 31.0 Å². The highest BCUT2D eigenvalue weighted by atomic mass is 16.5. The summed E-state index contributed by atoms with van der Waals surface area (Å²) in [5.41, 5.74) is 0. The lowest BCUT2D eigenvalue weighted by Gasteiger charge is -2.36. The third-order valence-electron chi connectivity index (χ3n) is 3.97. The van der Waals surface area contributed by atoms with Crippen LogP contribution < -0.4 is 5.32 Å². The number of ether oxygens (including phenoxy) is 1. The Bertz CT molecular complexity index is 207. The topological polar surface area (TPSA) is 24.5 Å². The van der Waals surface area contributed by atoms with Crippen LogP contribution in [0.3, 0.4) is 0 Å². The number of unbranched alkanes of at least 4 members (excludes halogenated alkanes) is 1. The molecular weight excluding hydrogens is 224 g/mol. The minimum atomic E-state index is 0.525. The predicted molar refractivity (Wildman–Crippen MR) is 78.1 cm³/mol. The monoisotopic (exact) mass is 256 g/mol. The lowest BCUT2D eigenvalue weighted by molar-refractivity contribution is 0.0620. The van der Waals surface area contributed by atoms with E-state index in [0.29, 0.717) is 12.1 Å². The molecule has 108 valence electrons. The Morgan fingerprint density at radius 2 is 2.06 bits per heavy atom. The molecule has 1 aliphatic rings. The second-order valence-corrected chi connectivity index (χ2v) is 5.64. The van der Waals surface area contributed by atoms with Crippen molar-refractivity contribution in [3.63, 3.8) is 0 Å². The van der Waals surface area contributed by atoms with E-state index in [-0.39, 0.29) is 0 Å². The van der Waals surface area contributed by atoms with E-state index in [9.17, 15) is 0 Å². The first-order chi connectivity index (χ1) is 8.72. The van der Waals surface area contributed by atoms with Gasteiger partial charge in [-0.1, -0.05) is 20.3 Å². The lowest BCUT2D eigenvalue weighted by atomic mass is 10.1. The first kappa shape index (κ1) is 15.9. The van der Waals surface area contributed by atoms with Gasteiger partial charge in [0.25, 0.3) is 0 Å². The summed E-state index contributed by atoms with van der Waals surface area (Å²) in [6.07, 6.45) is 6.49. The van der Waals surface area contributed by atoms with Crippen LogP contribution in [0, 0.1) is 0 Å². The fourth-order valence-corrected chi connectivity index (χ4v) is 2.39. The summed E-state index contributed by atoms with van der Waals surface area (Å²) in [7, 11) is 1.82. The molecule has 3 heteroatoms. The van der Waals surface area contributed by atoms with Crippen molar-refractivity contribution in [3.05, 3.63) is 0 Å². The van der Waals surface area contributed by atoms with Gasteiger partial charge in [-0.05, 0) is 39.2 Å². The zero-order chi connectivity index (χ0) is 13.4. The summed E-state index contributed by atoms with van der Waals surface area (Å²) in [5.74, 6) is 0. The van der Waals surface area contributed by atoms with E-state index >= 15 is 0 Å². The van der Waals surface area contributed by atoms with E-state index in [4.69, 9.17) is 4.74 Å². The Morgan fingerprint density at radius 3 is 2.56 bits per heavy atom. The fraction of sp³-hybridized carbons (Fsp3) is 1.00. The average Bonchev–Trinajstić information content (AvgIpc) is 3.19. The second-order valence-electron chi connectivity index (χ2n) is 5.64. The second kappa shape index (κ2) is 8.89. The van der Waals surface area contributed by atoms with Crippen LogP contribution in [0.25, 0.3) is 0 Å². The van der Waals surface area contributed by atoms with Gasteiger partial charge in [-0.25, -0.2) is 0 Å². The minimum Gasteiger partial charge on any atom is -0.383 e. The van der Waals surface area contributed by atoms with Crippen LogP contribution in [0.2, 0.25) is 0 Å². The van der Waals surface area contributed by atoms with Crippen molar-refractivity contribution in [1.29, 1.82) is 0 Å². The fourth-order valence-electron chi connectivity index (χ4n) is 2.39. The lowest BCUT2D eigenvalue weighted by Crippen LogP contribution is -2.49. The van der Waals surface area contributed by atoms with Gasteiger partial charge in [0.2, 0.25) is 0 Å². The highest BCUT2D eigenvalue weighted by Crippen LogP contribution is 2.19. The molecule has 0 spiro atoms. The van der Waals surface area contributed by atoms with Crippen LogP contribution in [-0.4, -0.2) is 49.8 Å². The summed E-state index contributed by atoms with van der Waals surface area (Å²) in [4.78, 5) is 2.64. The number of nitrogens with one attached hydrogen (secondary N) is 1. The molecule has 1 aliphatic carbocycles. The molecule has 0 radical (unpaired) electrons. The van der Waals surface area contributed by atoms with Crippen LogP contribution in [-0.2, 0) is 4.74 Å². The van der Waals surface area contributed by atoms with E-state index in [0.717, 1.165) is 19.2 Å². The van der Waals surface area contributed by atoms with Crippen molar-refractivity contribution in [2.24, 2.45) is 0 Å². The maximum absolute atomic E-state index is 5.43. The number of methoxy groups -OCH3 is 1. The van der Waals surface area contributed by atoms with Crippen molar-refractivity contribution in [2.45, 2.75) is 71.0 Å². The smallest absolute Gasteiger partial charge is 0.0630 e. The predicted octanol–water partition coefficient (Wildman–Crippen LogP) is 2.65. The third-order valence-corrected chi connectivity index (χ3v) is 3.97. The quantitative estimate of drug-likeness (QED) is 0.615. The SMILES string of the molecule is CCCCN(C(C)CC)C(CNC1CC1)COC. The van der Waals surface area contributed by atoms with E-state index < -0.39 is 0 Å². The average molecular weight is 256 g/mol. The van der Waals surface area contributed by atoms with Crippen molar-refractivity contribution < 1.29 is 4.74 Å². The first-order valence-corrected chi connectivity index (χ1v) is 7.70.